The summed E-state index contributed by atoms with van der Waals surface area (Å²) < 4.78 is 10.8. The van der Waals surface area contributed by atoms with Crippen LogP contribution >= 0.6 is 0 Å². The summed E-state index contributed by atoms with van der Waals surface area (Å²) >= 11 is 0. The van der Waals surface area contributed by atoms with Crippen molar-refractivity contribution < 1.29 is 14.6 Å². The Hall–Kier alpha value is -1.07. The highest BCUT2D eigenvalue weighted by Crippen LogP contribution is 2.34. The smallest absolute Gasteiger partial charge is 0.169 e. The second kappa shape index (κ2) is 4.20. The highest BCUT2D eigenvalue weighted by Gasteiger charge is 2.48. The van der Waals surface area contributed by atoms with Crippen LogP contribution in [0.5, 0.6) is 0 Å². The van der Waals surface area contributed by atoms with Crippen molar-refractivity contribution in [3.63, 3.8) is 0 Å². The zero-order valence-corrected chi connectivity index (χ0v) is 8.35. The van der Waals surface area contributed by atoms with Gasteiger partial charge in [-0.05, 0) is 12.5 Å². The second-order valence-corrected chi connectivity index (χ2v) is 3.67. The fraction of sp³-hybridized carbons (Fsp3) is 0.778. The molecule has 0 aliphatic carbocycles. The van der Waals surface area contributed by atoms with Gasteiger partial charge in [0, 0.05) is 10.8 Å². The van der Waals surface area contributed by atoms with E-state index in [1.807, 2.05) is 19.1 Å². The van der Waals surface area contributed by atoms with Crippen LogP contribution in [0.3, 0.4) is 0 Å². The maximum absolute atomic E-state index is 10.00. The summed E-state index contributed by atoms with van der Waals surface area (Å²) in [5.74, 6) is -0.163. The molecule has 2 bridgehead atoms. The van der Waals surface area contributed by atoms with Gasteiger partial charge in [-0.15, -0.1) is 0 Å². The number of fused-ring (bicyclic) bond motifs is 2. The average molecular weight is 211 g/mol. The van der Waals surface area contributed by atoms with Crippen LogP contribution in [0.1, 0.15) is 6.92 Å². The van der Waals surface area contributed by atoms with Gasteiger partial charge in [-0.1, -0.05) is 17.3 Å². The third-order valence-corrected chi connectivity index (χ3v) is 2.79. The lowest BCUT2D eigenvalue weighted by Crippen LogP contribution is -2.48. The molecule has 2 aliphatic rings. The van der Waals surface area contributed by atoms with Gasteiger partial charge in [0.2, 0.25) is 0 Å². The first-order chi connectivity index (χ1) is 7.27. The number of allylic oxidation sites excluding steroid dienone is 1. The molecule has 2 rings (SSSR count). The Morgan fingerprint density at radius 2 is 2.40 bits per heavy atom. The number of aliphatic hydroxyl groups is 1. The second-order valence-electron chi connectivity index (χ2n) is 3.67. The molecule has 2 aliphatic heterocycles. The van der Waals surface area contributed by atoms with Gasteiger partial charge < -0.3 is 14.6 Å². The number of rotatable bonds is 2. The van der Waals surface area contributed by atoms with Gasteiger partial charge in [-0.2, -0.15) is 0 Å². The number of hydrogen-bond donors (Lipinski definition) is 1. The minimum atomic E-state index is -0.733. The lowest BCUT2D eigenvalue weighted by molar-refractivity contribution is -0.146. The van der Waals surface area contributed by atoms with Crippen molar-refractivity contribution >= 4 is 0 Å². The molecule has 0 spiro atoms. The van der Waals surface area contributed by atoms with Crippen LogP contribution in [0.4, 0.5) is 0 Å². The minimum absolute atomic E-state index is 0.133. The fourth-order valence-electron chi connectivity index (χ4n) is 2.07. The Morgan fingerprint density at radius 3 is 3.07 bits per heavy atom. The third kappa shape index (κ3) is 1.72. The lowest BCUT2D eigenvalue weighted by Gasteiger charge is -2.34. The fourth-order valence-corrected chi connectivity index (χ4v) is 2.07. The van der Waals surface area contributed by atoms with Crippen LogP contribution in [-0.4, -0.2) is 36.3 Å². The van der Waals surface area contributed by atoms with Gasteiger partial charge >= 0.3 is 0 Å². The molecule has 0 amide bonds. The molecule has 1 N–H and O–H groups in total. The summed E-state index contributed by atoms with van der Waals surface area (Å²) in [6.07, 6.45) is 2.25. The van der Waals surface area contributed by atoms with E-state index in [9.17, 15) is 5.11 Å². The first-order valence-corrected chi connectivity index (χ1v) is 4.90. The van der Waals surface area contributed by atoms with Crippen LogP contribution in [0, 0.1) is 5.92 Å². The number of nitrogens with zero attached hydrogens (tertiary/aromatic N) is 3. The van der Waals surface area contributed by atoms with Crippen molar-refractivity contribution in [2.45, 2.75) is 31.5 Å². The van der Waals surface area contributed by atoms with Crippen molar-refractivity contribution in [3.8, 4) is 0 Å². The molecule has 5 atom stereocenters. The van der Waals surface area contributed by atoms with E-state index in [1.165, 1.54) is 0 Å². The normalized spacial score (nSPS) is 44.3. The maximum Gasteiger partial charge on any atom is 0.169 e. The maximum atomic E-state index is 10.00. The molecular weight excluding hydrogens is 198 g/mol. The van der Waals surface area contributed by atoms with Gasteiger partial charge in [-0.25, -0.2) is 0 Å². The van der Waals surface area contributed by atoms with E-state index < -0.39 is 18.4 Å². The monoisotopic (exact) mass is 211 g/mol. The zero-order chi connectivity index (χ0) is 10.8. The molecule has 0 aromatic rings. The highest BCUT2D eigenvalue weighted by molar-refractivity contribution is 5.04. The number of hydrogen-bond acceptors (Lipinski definition) is 4. The number of ether oxygens (including phenoxy) is 2. The molecule has 2 fully saturated rings. The van der Waals surface area contributed by atoms with Crippen molar-refractivity contribution in [3.05, 3.63) is 22.6 Å². The highest BCUT2D eigenvalue weighted by atomic mass is 16.7. The third-order valence-electron chi connectivity index (χ3n) is 2.79. The Bertz CT molecular complexity index is 314. The van der Waals surface area contributed by atoms with Crippen molar-refractivity contribution in [2.75, 3.05) is 6.61 Å². The summed E-state index contributed by atoms with van der Waals surface area (Å²) in [6, 6.07) is -0.657. The molecule has 82 valence electrons. The summed E-state index contributed by atoms with van der Waals surface area (Å²) in [5.41, 5.74) is 8.40. The summed E-state index contributed by atoms with van der Waals surface area (Å²) in [4.78, 5) is 2.70. The average Bonchev–Trinajstić information content (AvgIpc) is 2.65. The Balaban J connectivity index is 2.23. The molecule has 0 saturated carbocycles. The Kier molecular flexibility index (Phi) is 2.93. The Labute approximate surface area is 87.1 Å². The van der Waals surface area contributed by atoms with E-state index in [1.54, 1.807) is 0 Å². The van der Waals surface area contributed by atoms with Crippen LogP contribution in [0.2, 0.25) is 0 Å². The Morgan fingerprint density at radius 1 is 1.60 bits per heavy atom. The van der Waals surface area contributed by atoms with Crippen LogP contribution in [0.15, 0.2) is 17.3 Å². The lowest BCUT2D eigenvalue weighted by atomic mass is 9.89. The molecular formula is C9H13N3O3. The first kappa shape index (κ1) is 10.4. The molecule has 0 aromatic heterocycles. The van der Waals surface area contributed by atoms with E-state index in [0.717, 1.165) is 0 Å². The van der Waals surface area contributed by atoms with E-state index in [4.69, 9.17) is 15.0 Å². The number of azide groups is 1. The molecule has 6 nitrogen and oxygen atoms in total. The molecule has 0 radical (unpaired) electrons. The van der Waals surface area contributed by atoms with Crippen LogP contribution < -0.4 is 0 Å². The topological polar surface area (TPSA) is 87.5 Å². The zero-order valence-electron chi connectivity index (χ0n) is 8.35. The van der Waals surface area contributed by atoms with Crippen LogP contribution in [0.25, 0.3) is 10.4 Å². The molecule has 2 unspecified atom stereocenters. The van der Waals surface area contributed by atoms with Crippen molar-refractivity contribution in [1.82, 2.24) is 0 Å². The predicted octanol–water partition coefficient (Wildman–Crippen LogP) is 0.974. The van der Waals surface area contributed by atoms with Gasteiger partial charge in [-0.3, -0.25) is 0 Å². The van der Waals surface area contributed by atoms with Gasteiger partial charge in [0.05, 0.1) is 18.8 Å². The molecule has 6 heteroatoms. The quantitative estimate of drug-likeness (QED) is 0.319. The summed E-state index contributed by atoms with van der Waals surface area (Å²) in [5, 5.41) is 13.5. The van der Waals surface area contributed by atoms with E-state index in [2.05, 4.69) is 10.0 Å². The van der Waals surface area contributed by atoms with Crippen LogP contribution in [-0.2, 0) is 9.47 Å². The number of aliphatic hydroxyl groups excluding tert-OH is 1. The molecule has 15 heavy (non-hydrogen) atoms. The SMILES string of the molecule is C/C=C/[C@@H]1C2CO[C@H](O2)C(N=[N+]=[N-])[C@@H]1O. The minimum Gasteiger partial charge on any atom is -0.392 e. The first-order valence-electron chi connectivity index (χ1n) is 4.90. The van der Waals surface area contributed by atoms with Gasteiger partial charge in [0.25, 0.3) is 0 Å². The van der Waals surface area contributed by atoms with E-state index in [-0.39, 0.29) is 12.0 Å². The summed E-state index contributed by atoms with van der Waals surface area (Å²) in [6.45, 7) is 2.31. The predicted molar refractivity (Wildman–Crippen MR) is 51.9 cm³/mol. The van der Waals surface area contributed by atoms with E-state index in [0.29, 0.717) is 6.61 Å². The standard InChI is InChI=1S/C9H13N3O3/c1-2-3-5-6-4-14-9(15-6)7(8(5)13)11-12-10/h2-3,5-9,13H,4H2,1H3/b3-2+/t5-,6?,7?,8-,9-/m1/s1. The molecule has 0 aromatic carbocycles. The molecule has 2 saturated heterocycles. The summed E-state index contributed by atoms with van der Waals surface area (Å²) in [7, 11) is 0. The van der Waals surface area contributed by atoms with Crippen molar-refractivity contribution in [2.24, 2.45) is 11.0 Å². The largest absolute Gasteiger partial charge is 0.392 e. The molecule has 2 heterocycles. The van der Waals surface area contributed by atoms with Crippen molar-refractivity contribution in [1.29, 1.82) is 0 Å². The van der Waals surface area contributed by atoms with Gasteiger partial charge in [0.1, 0.15) is 6.04 Å². The van der Waals surface area contributed by atoms with Gasteiger partial charge in [0.15, 0.2) is 6.29 Å². The van der Waals surface area contributed by atoms with E-state index >= 15 is 0 Å².